The Morgan fingerprint density at radius 2 is 2.05 bits per heavy atom. The number of nitrogens with zero attached hydrogens (tertiary/aromatic N) is 3. The first-order chi connectivity index (χ1) is 10.6. The average molecular weight is 316 g/mol. The predicted molar refractivity (Wildman–Crippen MR) is 83.3 cm³/mol. The van der Waals surface area contributed by atoms with Crippen LogP contribution in [0.2, 0.25) is 5.02 Å². The quantitative estimate of drug-likeness (QED) is 0.875. The van der Waals surface area contributed by atoms with Gasteiger partial charge in [-0.05, 0) is 36.8 Å². The van der Waals surface area contributed by atoms with Crippen LogP contribution in [0.5, 0.6) is 0 Å². The molecule has 22 heavy (non-hydrogen) atoms. The molecule has 3 rings (SSSR count). The Balaban J connectivity index is 1.97. The van der Waals surface area contributed by atoms with Gasteiger partial charge in [0.15, 0.2) is 5.84 Å². The van der Waals surface area contributed by atoms with Gasteiger partial charge in [0.25, 0.3) is 5.91 Å². The van der Waals surface area contributed by atoms with E-state index in [9.17, 15) is 4.79 Å². The van der Waals surface area contributed by atoms with Crippen molar-refractivity contribution in [3.05, 3.63) is 64.9 Å². The number of benzene rings is 1. The fourth-order valence-corrected chi connectivity index (χ4v) is 2.40. The van der Waals surface area contributed by atoms with Crippen molar-refractivity contribution < 1.29 is 9.63 Å². The number of hydrogen-bond donors (Lipinski definition) is 0. The van der Waals surface area contributed by atoms with Crippen LogP contribution in [0.4, 0.5) is 0 Å². The van der Waals surface area contributed by atoms with E-state index in [0.717, 1.165) is 11.1 Å². The van der Waals surface area contributed by atoms with Gasteiger partial charge in [-0.25, -0.2) is 0 Å². The number of rotatable bonds is 3. The van der Waals surface area contributed by atoms with Crippen molar-refractivity contribution in [2.45, 2.75) is 19.6 Å². The lowest BCUT2D eigenvalue weighted by Gasteiger charge is -2.30. The molecule has 0 saturated carbocycles. The molecule has 1 aromatic heterocycles. The van der Waals surface area contributed by atoms with Crippen LogP contribution in [0, 0.1) is 0 Å². The lowest BCUT2D eigenvalue weighted by molar-refractivity contribution is -0.142. The Morgan fingerprint density at radius 3 is 2.77 bits per heavy atom. The fourth-order valence-electron chi connectivity index (χ4n) is 2.21. The van der Waals surface area contributed by atoms with Crippen LogP contribution in [0.25, 0.3) is 0 Å². The molecule has 1 amide bonds. The topological polar surface area (TPSA) is 54.8 Å². The highest BCUT2D eigenvalue weighted by atomic mass is 35.5. The van der Waals surface area contributed by atoms with E-state index in [4.69, 9.17) is 16.4 Å². The van der Waals surface area contributed by atoms with Gasteiger partial charge in [-0.1, -0.05) is 28.9 Å². The number of hydrogen-bond acceptors (Lipinski definition) is 4. The number of oxime groups is 1. The van der Waals surface area contributed by atoms with E-state index in [1.807, 2.05) is 24.3 Å². The van der Waals surface area contributed by atoms with E-state index in [-0.39, 0.29) is 5.91 Å². The Kier molecular flexibility index (Phi) is 4.06. The first-order valence-corrected chi connectivity index (χ1v) is 7.23. The van der Waals surface area contributed by atoms with Crippen molar-refractivity contribution in [2.24, 2.45) is 5.16 Å². The summed E-state index contributed by atoms with van der Waals surface area (Å²) in [6.07, 6.45) is 2.78. The van der Waals surface area contributed by atoms with Crippen LogP contribution in [-0.2, 0) is 16.2 Å². The highest BCUT2D eigenvalue weighted by Gasteiger charge is 2.31. The summed E-state index contributed by atoms with van der Waals surface area (Å²) in [5.41, 5.74) is 1.70. The van der Waals surface area contributed by atoms with Crippen LogP contribution in [0.3, 0.4) is 0 Å². The van der Waals surface area contributed by atoms with Crippen molar-refractivity contribution in [1.82, 2.24) is 9.88 Å². The summed E-state index contributed by atoms with van der Waals surface area (Å²) in [5.74, 6) is 0.323. The van der Waals surface area contributed by atoms with Gasteiger partial charge in [-0.15, -0.1) is 0 Å². The molecule has 1 aliphatic rings. The third-order valence-electron chi connectivity index (χ3n) is 3.34. The maximum Gasteiger partial charge on any atom is 0.272 e. The maximum absolute atomic E-state index is 12.5. The van der Waals surface area contributed by atoms with Gasteiger partial charge >= 0.3 is 0 Å². The minimum absolute atomic E-state index is 0.137. The highest BCUT2D eigenvalue weighted by Crippen LogP contribution is 2.20. The first kappa shape index (κ1) is 14.5. The van der Waals surface area contributed by atoms with Gasteiger partial charge in [0.2, 0.25) is 6.10 Å². The molecule has 0 fully saturated rings. The smallest absolute Gasteiger partial charge is 0.272 e. The molecule has 5 nitrogen and oxygen atoms in total. The normalized spacial score (nSPS) is 17.9. The lowest BCUT2D eigenvalue weighted by Crippen LogP contribution is -2.46. The number of aromatic nitrogens is 1. The van der Waals surface area contributed by atoms with Crippen LogP contribution in [-0.4, -0.2) is 27.7 Å². The highest BCUT2D eigenvalue weighted by molar-refractivity contribution is 6.31. The monoisotopic (exact) mass is 315 g/mol. The molecule has 1 atom stereocenters. The molecule has 0 saturated heterocycles. The van der Waals surface area contributed by atoms with Crippen LogP contribution in [0.1, 0.15) is 18.1 Å². The first-order valence-electron chi connectivity index (χ1n) is 6.85. The van der Waals surface area contributed by atoms with Gasteiger partial charge in [0.1, 0.15) is 0 Å². The lowest BCUT2D eigenvalue weighted by atomic mass is 10.1. The van der Waals surface area contributed by atoms with Gasteiger partial charge in [0.05, 0.1) is 6.54 Å². The SMILES string of the molecule is CC1ON=C(c2cccc(Cl)c2)N(Cc2ccncc2)C1=O. The summed E-state index contributed by atoms with van der Waals surface area (Å²) in [6, 6.07) is 10.9. The Hall–Kier alpha value is -2.40. The summed E-state index contributed by atoms with van der Waals surface area (Å²) in [7, 11) is 0. The second-order valence-electron chi connectivity index (χ2n) is 4.95. The molecule has 0 N–H and O–H groups in total. The Labute approximate surface area is 133 Å². The maximum atomic E-state index is 12.5. The number of carbonyl (C=O) groups is 1. The van der Waals surface area contributed by atoms with E-state index in [1.165, 1.54) is 0 Å². The standard InChI is InChI=1S/C16H14ClN3O2/c1-11-16(21)20(10-12-5-7-18-8-6-12)15(19-22-11)13-3-2-4-14(17)9-13/h2-9,11H,10H2,1H3. The van der Waals surface area contributed by atoms with Crippen LogP contribution < -0.4 is 0 Å². The molecular weight excluding hydrogens is 302 g/mol. The molecule has 0 spiro atoms. The molecule has 1 aliphatic heterocycles. The zero-order valence-corrected chi connectivity index (χ0v) is 12.7. The average Bonchev–Trinajstić information content (AvgIpc) is 2.53. The Bertz CT molecular complexity index is 718. The molecule has 1 unspecified atom stereocenters. The summed E-state index contributed by atoms with van der Waals surface area (Å²) < 4.78 is 0. The second kappa shape index (κ2) is 6.15. The van der Waals surface area contributed by atoms with Crippen LogP contribution in [0.15, 0.2) is 53.9 Å². The zero-order valence-electron chi connectivity index (χ0n) is 11.9. The van der Waals surface area contributed by atoms with Gasteiger partial charge in [0, 0.05) is 23.0 Å². The number of pyridine rings is 1. The summed E-state index contributed by atoms with van der Waals surface area (Å²) in [4.78, 5) is 23.3. The van der Waals surface area contributed by atoms with Crippen molar-refractivity contribution in [3.8, 4) is 0 Å². The van der Waals surface area contributed by atoms with Crippen molar-refractivity contribution in [3.63, 3.8) is 0 Å². The van der Waals surface area contributed by atoms with Gasteiger partial charge in [-0.3, -0.25) is 14.7 Å². The van der Waals surface area contributed by atoms with E-state index < -0.39 is 6.10 Å². The molecular formula is C16H14ClN3O2. The predicted octanol–water partition coefficient (Wildman–Crippen LogP) is 2.84. The van der Waals surface area contributed by atoms with E-state index in [1.54, 1.807) is 36.4 Å². The number of amidine groups is 1. The third-order valence-corrected chi connectivity index (χ3v) is 3.57. The van der Waals surface area contributed by atoms with Crippen LogP contribution >= 0.6 is 11.6 Å². The largest absolute Gasteiger partial charge is 0.381 e. The van der Waals surface area contributed by atoms with E-state index in [2.05, 4.69) is 10.1 Å². The zero-order chi connectivity index (χ0) is 15.5. The summed E-state index contributed by atoms with van der Waals surface area (Å²) in [6.45, 7) is 2.08. The minimum atomic E-state index is -0.607. The molecule has 2 heterocycles. The summed E-state index contributed by atoms with van der Waals surface area (Å²) in [5, 5.41) is 4.68. The summed E-state index contributed by atoms with van der Waals surface area (Å²) >= 11 is 6.03. The molecule has 1 aromatic carbocycles. The molecule has 6 heteroatoms. The molecule has 0 bridgehead atoms. The van der Waals surface area contributed by atoms with E-state index in [0.29, 0.717) is 17.4 Å². The van der Waals surface area contributed by atoms with E-state index >= 15 is 0 Å². The van der Waals surface area contributed by atoms with Gasteiger partial charge < -0.3 is 4.84 Å². The number of halogens is 1. The fraction of sp³-hybridized carbons (Fsp3) is 0.188. The molecule has 2 aromatic rings. The van der Waals surface area contributed by atoms with Crippen molar-refractivity contribution >= 4 is 23.3 Å². The van der Waals surface area contributed by atoms with Crippen molar-refractivity contribution in [2.75, 3.05) is 0 Å². The van der Waals surface area contributed by atoms with Crippen molar-refractivity contribution in [1.29, 1.82) is 0 Å². The van der Waals surface area contributed by atoms with Gasteiger partial charge in [-0.2, -0.15) is 0 Å². The Morgan fingerprint density at radius 1 is 1.27 bits per heavy atom. The number of carbonyl (C=O) groups excluding carboxylic acids is 1. The molecule has 0 aliphatic carbocycles. The molecule has 112 valence electrons. The molecule has 0 radical (unpaired) electrons. The third kappa shape index (κ3) is 2.94. The number of amides is 1. The minimum Gasteiger partial charge on any atom is -0.381 e. The second-order valence-corrected chi connectivity index (χ2v) is 5.39.